The number of carboxylic acid groups (broad SMARTS) is 1. The highest BCUT2D eigenvalue weighted by atomic mass is 16.5. The number of hydrogen-bond acceptors (Lipinski definition) is 4. The van der Waals surface area contributed by atoms with Crippen molar-refractivity contribution in [1.29, 1.82) is 0 Å². The van der Waals surface area contributed by atoms with Crippen LogP contribution in [0.15, 0.2) is 97.1 Å². The van der Waals surface area contributed by atoms with Gasteiger partial charge in [0.2, 0.25) is 0 Å². The first-order chi connectivity index (χ1) is 13.4. The fourth-order valence-electron chi connectivity index (χ4n) is 2.28. The molecule has 1 amide bonds. The standard InChI is InChI=1S/C22H20N2O4/c1-3-5-19(20(6-4-2)22(26)27)21(25)24-16-9-13-18(14-10-16)28-17-11-7-15(23)8-12-17/h3-14H,1-2,23H2,(H,24,25)(H,26,27)/b19-5+,20-6+. The van der Waals surface area contributed by atoms with E-state index < -0.39 is 11.9 Å². The van der Waals surface area contributed by atoms with Crippen LogP contribution in [0.4, 0.5) is 11.4 Å². The Morgan fingerprint density at radius 1 is 0.893 bits per heavy atom. The number of rotatable bonds is 8. The summed E-state index contributed by atoms with van der Waals surface area (Å²) in [5.74, 6) is -0.622. The topological polar surface area (TPSA) is 102 Å². The summed E-state index contributed by atoms with van der Waals surface area (Å²) in [6.07, 6.45) is 5.23. The van der Waals surface area contributed by atoms with Gasteiger partial charge in [-0.2, -0.15) is 0 Å². The molecule has 0 aliphatic carbocycles. The van der Waals surface area contributed by atoms with Crippen LogP contribution in [0.25, 0.3) is 0 Å². The molecule has 0 fully saturated rings. The van der Waals surface area contributed by atoms with Gasteiger partial charge in [-0.05, 0) is 60.7 Å². The van der Waals surface area contributed by atoms with E-state index in [1.54, 1.807) is 48.5 Å². The Labute approximate surface area is 163 Å². The maximum atomic E-state index is 12.5. The van der Waals surface area contributed by atoms with Crippen molar-refractivity contribution in [1.82, 2.24) is 0 Å². The van der Waals surface area contributed by atoms with Gasteiger partial charge in [0.25, 0.3) is 5.91 Å². The van der Waals surface area contributed by atoms with Crippen LogP contribution in [-0.2, 0) is 9.59 Å². The number of nitrogens with two attached hydrogens (primary N) is 1. The zero-order valence-corrected chi connectivity index (χ0v) is 15.1. The number of aliphatic carboxylic acids is 1. The summed E-state index contributed by atoms with van der Waals surface area (Å²) in [7, 11) is 0. The third kappa shape index (κ3) is 5.47. The lowest BCUT2D eigenvalue weighted by Gasteiger charge is -2.10. The molecule has 0 heterocycles. The minimum Gasteiger partial charge on any atom is -0.478 e. The van der Waals surface area contributed by atoms with Gasteiger partial charge in [-0.1, -0.05) is 25.3 Å². The lowest BCUT2D eigenvalue weighted by Crippen LogP contribution is -2.19. The summed E-state index contributed by atoms with van der Waals surface area (Å²) >= 11 is 0. The fraction of sp³-hybridized carbons (Fsp3) is 0. The summed E-state index contributed by atoms with van der Waals surface area (Å²) in [6.45, 7) is 6.99. The second-order valence-electron chi connectivity index (χ2n) is 5.59. The van der Waals surface area contributed by atoms with E-state index in [9.17, 15) is 14.7 Å². The molecule has 6 heteroatoms. The van der Waals surface area contributed by atoms with E-state index in [-0.39, 0.29) is 11.1 Å². The van der Waals surface area contributed by atoms with E-state index in [2.05, 4.69) is 18.5 Å². The second-order valence-corrected chi connectivity index (χ2v) is 5.59. The summed E-state index contributed by atoms with van der Waals surface area (Å²) in [5.41, 5.74) is 6.53. The number of nitrogen functional groups attached to an aromatic ring is 1. The van der Waals surface area contributed by atoms with Crippen LogP contribution in [0.3, 0.4) is 0 Å². The molecule has 0 spiro atoms. The minimum absolute atomic E-state index is 0.0374. The van der Waals surface area contributed by atoms with Crippen LogP contribution >= 0.6 is 0 Å². The van der Waals surface area contributed by atoms with Crippen LogP contribution in [0.5, 0.6) is 11.5 Å². The van der Waals surface area contributed by atoms with Gasteiger partial charge in [0, 0.05) is 11.4 Å². The van der Waals surface area contributed by atoms with E-state index in [1.165, 1.54) is 24.3 Å². The molecule has 2 aromatic rings. The first-order valence-corrected chi connectivity index (χ1v) is 8.28. The molecule has 0 bridgehead atoms. The van der Waals surface area contributed by atoms with Crippen molar-refractivity contribution in [3.05, 3.63) is 97.1 Å². The van der Waals surface area contributed by atoms with Gasteiger partial charge >= 0.3 is 5.97 Å². The predicted molar refractivity (Wildman–Crippen MR) is 110 cm³/mol. The number of anilines is 2. The number of ether oxygens (including phenoxy) is 1. The van der Waals surface area contributed by atoms with Crippen LogP contribution in [0.2, 0.25) is 0 Å². The molecule has 0 saturated carbocycles. The van der Waals surface area contributed by atoms with Crippen LogP contribution < -0.4 is 15.8 Å². The highest BCUT2D eigenvalue weighted by Crippen LogP contribution is 2.24. The van der Waals surface area contributed by atoms with Gasteiger partial charge in [0.05, 0.1) is 11.1 Å². The van der Waals surface area contributed by atoms with Crippen molar-refractivity contribution in [3.8, 4) is 11.5 Å². The number of carboxylic acids is 1. The van der Waals surface area contributed by atoms with Crippen molar-refractivity contribution >= 4 is 23.3 Å². The second kappa shape index (κ2) is 9.59. The van der Waals surface area contributed by atoms with E-state index in [0.29, 0.717) is 22.9 Å². The predicted octanol–water partition coefficient (Wildman–Crippen LogP) is 4.31. The molecule has 0 aliphatic rings. The van der Waals surface area contributed by atoms with Crippen molar-refractivity contribution in [2.45, 2.75) is 0 Å². The summed E-state index contributed by atoms with van der Waals surface area (Å²) in [5, 5.41) is 12.0. The SMILES string of the molecule is C=C/C=C(C(=O)O)\C(=C/C=C)C(=O)Nc1ccc(Oc2ccc(N)cc2)cc1. The molecule has 0 aliphatic heterocycles. The van der Waals surface area contributed by atoms with Gasteiger partial charge in [-0.25, -0.2) is 4.79 Å². The molecule has 0 aromatic heterocycles. The lowest BCUT2D eigenvalue weighted by atomic mass is 10.0. The Morgan fingerprint density at radius 2 is 1.39 bits per heavy atom. The van der Waals surface area contributed by atoms with Crippen molar-refractivity contribution in [2.75, 3.05) is 11.1 Å². The first-order valence-electron chi connectivity index (χ1n) is 8.28. The zero-order valence-electron chi connectivity index (χ0n) is 15.1. The first kappa shape index (κ1) is 20.3. The third-order valence-electron chi connectivity index (χ3n) is 3.56. The van der Waals surface area contributed by atoms with E-state index in [1.807, 2.05) is 0 Å². The molecule has 0 atom stereocenters. The fourth-order valence-corrected chi connectivity index (χ4v) is 2.28. The molecule has 0 radical (unpaired) electrons. The average Bonchev–Trinajstić information content (AvgIpc) is 2.67. The number of allylic oxidation sites excluding steroid dienone is 4. The van der Waals surface area contributed by atoms with Crippen LogP contribution in [-0.4, -0.2) is 17.0 Å². The number of hydrogen-bond donors (Lipinski definition) is 3. The molecule has 2 aromatic carbocycles. The smallest absolute Gasteiger partial charge is 0.336 e. The molecule has 142 valence electrons. The van der Waals surface area contributed by atoms with Crippen LogP contribution in [0.1, 0.15) is 0 Å². The average molecular weight is 376 g/mol. The maximum absolute atomic E-state index is 12.5. The Balaban J connectivity index is 2.14. The highest BCUT2D eigenvalue weighted by molar-refractivity contribution is 6.14. The Hall–Kier alpha value is -4.06. The molecule has 0 saturated heterocycles. The van der Waals surface area contributed by atoms with E-state index in [4.69, 9.17) is 10.5 Å². The summed E-state index contributed by atoms with van der Waals surface area (Å²) in [4.78, 5) is 23.9. The quantitative estimate of drug-likeness (QED) is 0.362. The van der Waals surface area contributed by atoms with Crippen molar-refractivity contribution in [2.24, 2.45) is 0 Å². The Morgan fingerprint density at radius 3 is 1.89 bits per heavy atom. The highest BCUT2D eigenvalue weighted by Gasteiger charge is 2.19. The number of carbonyl (C=O) groups is 2. The van der Waals surface area contributed by atoms with Gasteiger partial charge < -0.3 is 20.9 Å². The summed E-state index contributed by atoms with van der Waals surface area (Å²) < 4.78 is 5.69. The molecule has 6 nitrogen and oxygen atoms in total. The number of carbonyl (C=O) groups excluding carboxylic acids is 1. The lowest BCUT2D eigenvalue weighted by molar-refractivity contribution is -0.132. The number of benzene rings is 2. The third-order valence-corrected chi connectivity index (χ3v) is 3.56. The summed E-state index contributed by atoms with van der Waals surface area (Å²) in [6, 6.07) is 13.6. The molecule has 28 heavy (non-hydrogen) atoms. The van der Waals surface area contributed by atoms with Gasteiger partial charge in [0.1, 0.15) is 11.5 Å². The van der Waals surface area contributed by atoms with Crippen molar-refractivity contribution in [3.63, 3.8) is 0 Å². The molecule has 0 unspecified atom stereocenters. The monoisotopic (exact) mass is 376 g/mol. The van der Waals surface area contributed by atoms with E-state index >= 15 is 0 Å². The molecular weight excluding hydrogens is 356 g/mol. The van der Waals surface area contributed by atoms with Crippen LogP contribution in [0, 0.1) is 0 Å². The molecular formula is C22H20N2O4. The van der Waals surface area contributed by atoms with Gasteiger partial charge in [0.15, 0.2) is 0 Å². The minimum atomic E-state index is -1.24. The number of nitrogens with one attached hydrogen (secondary N) is 1. The normalized spacial score (nSPS) is 11.4. The largest absolute Gasteiger partial charge is 0.478 e. The Bertz CT molecular complexity index is 940. The van der Waals surface area contributed by atoms with E-state index in [0.717, 1.165) is 0 Å². The zero-order chi connectivity index (χ0) is 20.5. The van der Waals surface area contributed by atoms with Gasteiger partial charge in [-0.3, -0.25) is 4.79 Å². The van der Waals surface area contributed by atoms with Crippen molar-refractivity contribution < 1.29 is 19.4 Å². The molecule has 2 rings (SSSR count). The Kier molecular flexibility index (Phi) is 6.93. The molecule has 4 N–H and O–H groups in total. The number of amides is 1. The van der Waals surface area contributed by atoms with Gasteiger partial charge in [-0.15, -0.1) is 0 Å². The maximum Gasteiger partial charge on any atom is 0.336 e.